The molecule has 2 atom stereocenters. The summed E-state index contributed by atoms with van der Waals surface area (Å²) in [6, 6.07) is 6.68. The highest BCUT2D eigenvalue weighted by Crippen LogP contribution is 2.16. The lowest BCUT2D eigenvalue weighted by Gasteiger charge is -2.17. The van der Waals surface area contributed by atoms with E-state index in [9.17, 15) is 9.59 Å². The lowest BCUT2D eigenvalue weighted by molar-refractivity contribution is 0.0266. The van der Waals surface area contributed by atoms with Crippen LogP contribution in [0.5, 0.6) is 0 Å². The number of hydrogen-bond donors (Lipinski definition) is 0. The Bertz CT molecular complexity index is 534. The van der Waals surface area contributed by atoms with Crippen LogP contribution >= 0.6 is 0 Å². The van der Waals surface area contributed by atoms with Gasteiger partial charge in [-0.2, -0.15) is 0 Å². The molecule has 0 saturated heterocycles. The van der Waals surface area contributed by atoms with Crippen molar-refractivity contribution < 1.29 is 19.1 Å². The van der Waals surface area contributed by atoms with Crippen LogP contribution in [0, 0.1) is 0 Å². The predicted octanol–water partition coefficient (Wildman–Crippen LogP) is 6.72. The Morgan fingerprint density at radius 3 is 1.54 bits per heavy atom. The average Bonchev–Trinajstić information content (AvgIpc) is 2.72. The van der Waals surface area contributed by atoms with E-state index in [1.807, 2.05) is 13.8 Å². The maximum atomic E-state index is 12.5. The van der Waals surface area contributed by atoms with Crippen LogP contribution in [0.4, 0.5) is 0 Å². The fourth-order valence-corrected chi connectivity index (χ4v) is 3.15. The van der Waals surface area contributed by atoms with Crippen molar-refractivity contribution in [2.75, 3.05) is 0 Å². The van der Waals surface area contributed by atoms with Crippen LogP contribution in [0.1, 0.15) is 113 Å². The zero-order chi connectivity index (χ0) is 20.8. The second-order valence-electron chi connectivity index (χ2n) is 7.44. The quantitative estimate of drug-likeness (QED) is 0.261. The van der Waals surface area contributed by atoms with Crippen molar-refractivity contribution in [1.29, 1.82) is 0 Å². The van der Waals surface area contributed by atoms with E-state index in [1.165, 1.54) is 0 Å². The van der Waals surface area contributed by atoms with Crippen LogP contribution < -0.4 is 0 Å². The zero-order valence-corrected chi connectivity index (χ0v) is 18.2. The number of unbranched alkanes of at least 4 members (excludes halogenated alkanes) is 4. The smallest absolute Gasteiger partial charge is 0.338 e. The molecule has 0 aromatic heterocycles. The third-order valence-electron chi connectivity index (χ3n) is 5.05. The summed E-state index contributed by atoms with van der Waals surface area (Å²) in [5.74, 6) is -0.735. The third-order valence-corrected chi connectivity index (χ3v) is 5.05. The first-order chi connectivity index (χ1) is 13.5. The van der Waals surface area contributed by atoms with Gasteiger partial charge in [0.25, 0.3) is 0 Å². The summed E-state index contributed by atoms with van der Waals surface area (Å²) in [6.07, 6.45) is 9.92. The van der Waals surface area contributed by atoms with Gasteiger partial charge in [0.05, 0.1) is 11.1 Å². The molecule has 1 aromatic carbocycles. The van der Waals surface area contributed by atoms with E-state index in [0.717, 1.165) is 64.2 Å². The molecular formula is C24H38O4. The van der Waals surface area contributed by atoms with Crippen molar-refractivity contribution in [3.63, 3.8) is 0 Å². The number of esters is 2. The van der Waals surface area contributed by atoms with Gasteiger partial charge in [-0.15, -0.1) is 0 Å². The molecule has 0 saturated carbocycles. The predicted molar refractivity (Wildman–Crippen MR) is 114 cm³/mol. The Hall–Kier alpha value is -1.84. The monoisotopic (exact) mass is 390 g/mol. The molecule has 0 aliphatic carbocycles. The minimum absolute atomic E-state index is 0.0716. The molecule has 0 amide bonds. The second-order valence-corrected chi connectivity index (χ2v) is 7.44. The molecule has 1 rings (SSSR count). The van der Waals surface area contributed by atoms with Gasteiger partial charge < -0.3 is 9.47 Å². The van der Waals surface area contributed by atoms with Crippen molar-refractivity contribution in [2.45, 2.75) is 104 Å². The van der Waals surface area contributed by atoms with Gasteiger partial charge in [0.1, 0.15) is 12.2 Å². The van der Waals surface area contributed by atoms with Crippen molar-refractivity contribution in [3.05, 3.63) is 35.4 Å². The number of carbonyl (C=O) groups is 2. The minimum atomic E-state index is -0.368. The summed E-state index contributed by atoms with van der Waals surface area (Å²) in [6.45, 7) is 8.37. The van der Waals surface area contributed by atoms with Gasteiger partial charge in [0, 0.05) is 0 Å². The van der Waals surface area contributed by atoms with Crippen molar-refractivity contribution in [1.82, 2.24) is 0 Å². The summed E-state index contributed by atoms with van der Waals surface area (Å²) in [5.41, 5.74) is 0.810. The van der Waals surface area contributed by atoms with Gasteiger partial charge >= 0.3 is 11.9 Å². The van der Waals surface area contributed by atoms with E-state index in [2.05, 4.69) is 13.8 Å². The molecule has 4 heteroatoms. The molecule has 28 heavy (non-hydrogen) atoms. The fourth-order valence-electron chi connectivity index (χ4n) is 3.15. The van der Waals surface area contributed by atoms with Crippen LogP contribution in [-0.2, 0) is 9.47 Å². The lowest BCUT2D eigenvalue weighted by atomic mass is 10.1. The van der Waals surface area contributed by atoms with Gasteiger partial charge in [-0.1, -0.05) is 59.4 Å². The van der Waals surface area contributed by atoms with Gasteiger partial charge in [-0.3, -0.25) is 0 Å². The molecule has 4 nitrogen and oxygen atoms in total. The van der Waals surface area contributed by atoms with Crippen LogP contribution in [0.2, 0.25) is 0 Å². The Labute approximate surface area is 171 Å². The average molecular weight is 391 g/mol. The highest BCUT2D eigenvalue weighted by Gasteiger charge is 2.18. The fraction of sp³-hybridized carbons (Fsp3) is 0.667. The Morgan fingerprint density at radius 2 is 1.18 bits per heavy atom. The lowest BCUT2D eigenvalue weighted by Crippen LogP contribution is -2.19. The first-order valence-corrected chi connectivity index (χ1v) is 11.1. The largest absolute Gasteiger partial charge is 0.459 e. The molecule has 0 fully saturated rings. The van der Waals surface area contributed by atoms with Crippen LogP contribution in [0.3, 0.4) is 0 Å². The van der Waals surface area contributed by atoms with Gasteiger partial charge in [0.15, 0.2) is 0 Å². The normalized spacial score (nSPS) is 13.0. The number of hydrogen-bond acceptors (Lipinski definition) is 4. The SMILES string of the molecule is CCCCC[C@H](CC)OC(=O)c1cccc(C(=O)O[C@@H](CC)CCCCC)c1. The molecule has 158 valence electrons. The highest BCUT2D eigenvalue weighted by atomic mass is 16.5. The van der Waals surface area contributed by atoms with Gasteiger partial charge in [-0.25, -0.2) is 9.59 Å². The molecule has 1 aromatic rings. The van der Waals surface area contributed by atoms with Gasteiger partial charge in [0.2, 0.25) is 0 Å². The maximum Gasteiger partial charge on any atom is 0.338 e. The first-order valence-electron chi connectivity index (χ1n) is 11.1. The summed E-state index contributed by atoms with van der Waals surface area (Å²) in [4.78, 5) is 25.0. The van der Waals surface area contributed by atoms with E-state index < -0.39 is 0 Å². The molecular weight excluding hydrogens is 352 g/mol. The number of rotatable bonds is 14. The second kappa shape index (κ2) is 14.2. The van der Waals surface area contributed by atoms with E-state index in [0.29, 0.717) is 11.1 Å². The van der Waals surface area contributed by atoms with Gasteiger partial charge in [-0.05, 0) is 56.7 Å². The topological polar surface area (TPSA) is 52.6 Å². The molecule has 0 N–H and O–H groups in total. The Kier molecular flexibility index (Phi) is 12.3. The Morgan fingerprint density at radius 1 is 0.750 bits per heavy atom. The van der Waals surface area contributed by atoms with Crippen molar-refractivity contribution in [3.8, 4) is 0 Å². The molecule has 0 aliphatic heterocycles. The van der Waals surface area contributed by atoms with E-state index in [4.69, 9.17) is 9.47 Å². The molecule has 0 spiro atoms. The van der Waals surface area contributed by atoms with Crippen LogP contribution in [-0.4, -0.2) is 24.1 Å². The van der Waals surface area contributed by atoms with E-state index in [-0.39, 0.29) is 24.1 Å². The molecule has 0 radical (unpaired) electrons. The summed E-state index contributed by atoms with van der Waals surface area (Å²) in [7, 11) is 0. The number of ether oxygens (including phenoxy) is 2. The molecule has 0 unspecified atom stereocenters. The maximum absolute atomic E-state index is 12.5. The molecule has 0 bridgehead atoms. The van der Waals surface area contributed by atoms with Crippen LogP contribution in [0.15, 0.2) is 24.3 Å². The number of carbonyl (C=O) groups excluding carboxylic acids is 2. The van der Waals surface area contributed by atoms with Crippen LogP contribution in [0.25, 0.3) is 0 Å². The van der Waals surface area contributed by atoms with E-state index in [1.54, 1.807) is 24.3 Å². The van der Waals surface area contributed by atoms with Crippen molar-refractivity contribution >= 4 is 11.9 Å². The molecule has 0 aliphatic rings. The first kappa shape index (κ1) is 24.2. The third kappa shape index (κ3) is 8.90. The summed E-state index contributed by atoms with van der Waals surface area (Å²) < 4.78 is 11.3. The standard InChI is InChI=1S/C24H38O4/c1-5-9-11-16-21(7-3)27-23(25)19-14-13-15-20(18-19)24(26)28-22(8-4)17-12-10-6-2/h13-15,18,21-22H,5-12,16-17H2,1-4H3/t21-,22-/m0/s1. The summed E-state index contributed by atoms with van der Waals surface area (Å²) in [5, 5.41) is 0. The highest BCUT2D eigenvalue weighted by molar-refractivity contribution is 5.95. The zero-order valence-electron chi connectivity index (χ0n) is 18.2. The number of benzene rings is 1. The minimum Gasteiger partial charge on any atom is -0.459 e. The Balaban J connectivity index is 2.68. The van der Waals surface area contributed by atoms with Crippen molar-refractivity contribution in [2.24, 2.45) is 0 Å². The summed E-state index contributed by atoms with van der Waals surface area (Å²) >= 11 is 0. The van der Waals surface area contributed by atoms with E-state index >= 15 is 0 Å². The molecule has 0 heterocycles.